The summed E-state index contributed by atoms with van der Waals surface area (Å²) < 4.78 is 18.1. The average molecular weight is 446 g/mol. The van der Waals surface area contributed by atoms with E-state index in [9.17, 15) is 14.9 Å². The van der Waals surface area contributed by atoms with E-state index in [0.717, 1.165) is 0 Å². The number of nitrogens with one attached hydrogen (secondary N) is 1. The maximum Gasteiger partial charge on any atom is 0.258 e. The summed E-state index contributed by atoms with van der Waals surface area (Å²) in [6, 6.07) is 11.0. The van der Waals surface area contributed by atoms with Crippen LogP contribution < -0.4 is 14.8 Å². The molecule has 2 aliphatic rings. The number of aromatic nitrogens is 1. The molecule has 2 aromatic heterocycles. The van der Waals surface area contributed by atoms with Gasteiger partial charge in [-0.05, 0) is 44.0 Å². The van der Waals surface area contributed by atoms with Crippen molar-refractivity contribution >= 4 is 17.5 Å². The van der Waals surface area contributed by atoms with E-state index in [4.69, 9.17) is 13.9 Å². The van der Waals surface area contributed by atoms with Gasteiger partial charge in [-0.25, -0.2) is 0 Å². The first kappa shape index (κ1) is 20.7. The van der Waals surface area contributed by atoms with Crippen LogP contribution in [0.15, 0.2) is 47.1 Å². The van der Waals surface area contributed by atoms with Crippen LogP contribution in [0.4, 0.5) is 5.69 Å². The van der Waals surface area contributed by atoms with Gasteiger partial charge in [0.05, 0.1) is 0 Å². The molecule has 0 radical (unpaired) electrons. The highest BCUT2D eigenvalue weighted by Gasteiger charge is 2.32. The van der Waals surface area contributed by atoms with Crippen LogP contribution in [0.3, 0.4) is 0 Å². The number of amides is 2. The molecule has 5 rings (SSSR count). The zero-order chi connectivity index (χ0) is 22.9. The molecule has 1 fully saturated rings. The molecule has 0 atom stereocenters. The minimum Gasteiger partial charge on any atom is -0.454 e. The minimum atomic E-state index is -0.249. The summed E-state index contributed by atoms with van der Waals surface area (Å²) >= 11 is 0. The first-order valence-corrected chi connectivity index (χ1v) is 10.7. The third-order valence-electron chi connectivity index (χ3n) is 6.02. The molecule has 2 aliphatic heterocycles. The Hall–Kier alpha value is -4.19. The number of furan rings is 1. The van der Waals surface area contributed by atoms with E-state index < -0.39 is 0 Å². The number of aryl methyl sites for hydroxylation is 1. The Morgan fingerprint density at radius 2 is 1.85 bits per heavy atom. The lowest BCUT2D eigenvalue weighted by atomic mass is 9.95. The highest BCUT2D eigenvalue weighted by atomic mass is 16.7. The van der Waals surface area contributed by atoms with Gasteiger partial charge in [0.15, 0.2) is 11.5 Å². The maximum absolute atomic E-state index is 13.2. The fraction of sp³-hybridized carbons (Fsp3) is 0.292. The molecule has 1 saturated heterocycles. The molecule has 9 nitrogen and oxygen atoms in total. The van der Waals surface area contributed by atoms with Crippen molar-refractivity contribution in [1.82, 2.24) is 9.47 Å². The van der Waals surface area contributed by atoms with Crippen LogP contribution >= 0.6 is 0 Å². The zero-order valence-corrected chi connectivity index (χ0v) is 18.0. The highest BCUT2D eigenvalue weighted by molar-refractivity contribution is 5.99. The molecule has 2 amide bonds. The molecule has 0 saturated carbocycles. The van der Waals surface area contributed by atoms with Crippen LogP contribution in [0.1, 0.15) is 34.5 Å². The number of piperidine rings is 1. The molecule has 168 valence electrons. The highest BCUT2D eigenvalue weighted by Crippen LogP contribution is 2.34. The Kier molecular flexibility index (Phi) is 5.26. The molecule has 3 aromatic rings. The Morgan fingerprint density at radius 3 is 2.58 bits per heavy atom. The number of nitrogens with zero attached hydrogens (tertiary/aromatic N) is 3. The summed E-state index contributed by atoms with van der Waals surface area (Å²) in [7, 11) is 0. The van der Waals surface area contributed by atoms with E-state index in [2.05, 4.69) is 11.4 Å². The maximum atomic E-state index is 13.2. The second-order valence-corrected chi connectivity index (χ2v) is 8.04. The Labute approximate surface area is 190 Å². The van der Waals surface area contributed by atoms with Crippen molar-refractivity contribution in [2.24, 2.45) is 5.92 Å². The number of nitriles is 1. The van der Waals surface area contributed by atoms with Gasteiger partial charge in [-0.1, -0.05) is 0 Å². The first-order chi connectivity index (χ1) is 16.0. The summed E-state index contributed by atoms with van der Waals surface area (Å²) in [5.74, 6) is 1.45. The summed E-state index contributed by atoms with van der Waals surface area (Å²) in [4.78, 5) is 27.7. The van der Waals surface area contributed by atoms with E-state index in [1.54, 1.807) is 47.0 Å². The molecule has 0 unspecified atom stereocenters. The predicted octanol–water partition coefficient (Wildman–Crippen LogP) is 3.47. The van der Waals surface area contributed by atoms with Crippen molar-refractivity contribution in [3.63, 3.8) is 0 Å². The second kappa shape index (κ2) is 8.39. The fourth-order valence-electron chi connectivity index (χ4n) is 4.26. The zero-order valence-electron chi connectivity index (χ0n) is 18.0. The Balaban J connectivity index is 1.25. The fourth-order valence-corrected chi connectivity index (χ4v) is 4.26. The molecular weight excluding hydrogens is 424 g/mol. The van der Waals surface area contributed by atoms with Gasteiger partial charge in [-0.2, -0.15) is 5.26 Å². The number of carbonyl (C=O) groups is 2. The summed E-state index contributed by atoms with van der Waals surface area (Å²) in [5.41, 5.74) is 1.15. The monoisotopic (exact) mass is 446 g/mol. The lowest BCUT2D eigenvalue weighted by Gasteiger charge is -2.31. The van der Waals surface area contributed by atoms with Gasteiger partial charge in [-0.15, -0.1) is 0 Å². The van der Waals surface area contributed by atoms with Gasteiger partial charge < -0.3 is 24.1 Å². The van der Waals surface area contributed by atoms with Crippen LogP contribution in [0.2, 0.25) is 0 Å². The molecule has 0 spiro atoms. The molecule has 33 heavy (non-hydrogen) atoms. The Morgan fingerprint density at radius 1 is 1.12 bits per heavy atom. The van der Waals surface area contributed by atoms with Crippen LogP contribution in [0, 0.1) is 24.2 Å². The summed E-state index contributed by atoms with van der Waals surface area (Å²) in [6.07, 6.45) is 4.59. The van der Waals surface area contributed by atoms with Gasteiger partial charge in [0, 0.05) is 43.2 Å². The van der Waals surface area contributed by atoms with Gasteiger partial charge in [0.2, 0.25) is 18.6 Å². The lowest BCUT2D eigenvalue weighted by Crippen LogP contribution is -2.41. The van der Waals surface area contributed by atoms with Crippen LogP contribution in [0.25, 0.3) is 5.88 Å². The third-order valence-corrected chi connectivity index (χ3v) is 6.02. The van der Waals surface area contributed by atoms with Crippen molar-refractivity contribution in [2.75, 3.05) is 25.2 Å². The molecule has 9 heteroatoms. The first-order valence-electron chi connectivity index (χ1n) is 10.7. The number of fused-ring (bicyclic) bond motifs is 1. The molecule has 1 N–H and O–H groups in total. The smallest absolute Gasteiger partial charge is 0.258 e. The van der Waals surface area contributed by atoms with E-state index in [0.29, 0.717) is 54.8 Å². The normalized spacial score (nSPS) is 15.3. The molecule has 0 aliphatic carbocycles. The van der Waals surface area contributed by atoms with Gasteiger partial charge in [-0.3, -0.25) is 14.2 Å². The standard InChI is InChI=1S/C24H22N4O5/c1-15-21(18(13-25)24(33-15)28-8-2-3-9-28)23(30)27-10-6-16(7-11-27)22(29)26-17-4-5-19-20(12-17)32-14-31-19/h2-5,8-9,12,16H,6-7,10-11,14H2,1H3,(H,26,29). The lowest BCUT2D eigenvalue weighted by molar-refractivity contribution is -0.121. The SMILES string of the molecule is Cc1oc(-n2cccc2)c(C#N)c1C(=O)N1CCC(C(=O)Nc2ccc3c(c2)OCO3)CC1. The topological polar surface area (TPSA) is 110 Å². The number of ether oxygens (including phenoxy) is 2. The Bertz CT molecular complexity index is 1250. The van der Waals surface area contributed by atoms with Gasteiger partial charge >= 0.3 is 0 Å². The summed E-state index contributed by atoms with van der Waals surface area (Å²) in [6.45, 7) is 2.71. The number of anilines is 1. The van der Waals surface area contributed by atoms with Crippen LogP contribution in [-0.4, -0.2) is 41.2 Å². The predicted molar refractivity (Wildman–Crippen MR) is 117 cm³/mol. The van der Waals surface area contributed by atoms with Crippen LogP contribution in [-0.2, 0) is 4.79 Å². The van der Waals surface area contributed by atoms with Crippen molar-refractivity contribution in [3.8, 4) is 23.5 Å². The van der Waals surface area contributed by atoms with E-state index in [1.165, 1.54) is 0 Å². The quantitative estimate of drug-likeness (QED) is 0.657. The van der Waals surface area contributed by atoms with Crippen molar-refractivity contribution in [2.45, 2.75) is 19.8 Å². The molecule has 0 bridgehead atoms. The van der Waals surface area contributed by atoms with E-state index >= 15 is 0 Å². The third kappa shape index (κ3) is 3.80. The summed E-state index contributed by atoms with van der Waals surface area (Å²) in [5, 5.41) is 12.6. The molecule has 1 aromatic carbocycles. The van der Waals surface area contributed by atoms with E-state index in [-0.39, 0.29) is 35.7 Å². The second-order valence-electron chi connectivity index (χ2n) is 8.04. The van der Waals surface area contributed by atoms with Gasteiger partial charge in [0.25, 0.3) is 5.91 Å². The number of rotatable bonds is 4. The molecular formula is C24H22N4O5. The van der Waals surface area contributed by atoms with Gasteiger partial charge in [0.1, 0.15) is 23.0 Å². The van der Waals surface area contributed by atoms with Crippen molar-refractivity contribution < 1.29 is 23.5 Å². The number of hydrogen-bond donors (Lipinski definition) is 1. The number of hydrogen-bond acceptors (Lipinski definition) is 6. The van der Waals surface area contributed by atoms with Crippen molar-refractivity contribution in [1.29, 1.82) is 5.26 Å². The van der Waals surface area contributed by atoms with Crippen LogP contribution in [0.5, 0.6) is 11.5 Å². The average Bonchev–Trinajstić information content (AvgIpc) is 3.58. The number of likely N-dealkylation sites (tertiary alicyclic amines) is 1. The number of carbonyl (C=O) groups excluding carboxylic acids is 2. The largest absolute Gasteiger partial charge is 0.454 e. The molecule has 4 heterocycles. The van der Waals surface area contributed by atoms with Crippen molar-refractivity contribution in [3.05, 3.63) is 59.6 Å². The number of benzene rings is 1. The van der Waals surface area contributed by atoms with E-state index in [1.807, 2.05) is 12.1 Å². The minimum absolute atomic E-state index is 0.0898.